The average molecular weight is 349 g/mol. The quantitative estimate of drug-likeness (QED) is 0.820. The molecule has 0 radical (unpaired) electrons. The van der Waals surface area contributed by atoms with Crippen LogP contribution in [0.5, 0.6) is 5.75 Å². The van der Waals surface area contributed by atoms with Crippen LogP contribution in [0.2, 0.25) is 5.02 Å². The summed E-state index contributed by atoms with van der Waals surface area (Å²) in [7, 11) is 0. The van der Waals surface area contributed by atoms with E-state index in [1.165, 1.54) is 32.2 Å². The number of rotatable bonds is 5. The Morgan fingerprint density at radius 3 is 2.75 bits per heavy atom. The molecule has 4 fully saturated rings. The zero-order chi connectivity index (χ0) is 16.5. The molecule has 1 amide bonds. The molecule has 2 bridgehead atoms. The number of carbonyl (C=O) groups is 1. The molecule has 0 aromatic heterocycles. The number of amides is 1. The van der Waals surface area contributed by atoms with Crippen LogP contribution < -0.4 is 4.74 Å². The lowest BCUT2D eigenvalue weighted by molar-refractivity contribution is -0.133. The highest BCUT2D eigenvalue weighted by molar-refractivity contribution is 6.32. The molecule has 0 unspecified atom stereocenters. The van der Waals surface area contributed by atoms with Crippen LogP contribution in [0.25, 0.3) is 0 Å². The molecule has 0 N–H and O–H groups in total. The highest BCUT2D eigenvalue weighted by Crippen LogP contribution is 2.35. The minimum absolute atomic E-state index is 0.0752. The second-order valence-corrected chi connectivity index (χ2v) is 7.92. The number of para-hydroxylation sites is 1. The number of piperidine rings is 1. The van der Waals surface area contributed by atoms with Crippen molar-refractivity contribution in [2.24, 2.45) is 11.8 Å². The molecular weight excluding hydrogens is 324 g/mol. The van der Waals surface area contributed by atoms with Gasteiger partial charge in [-0.15, -0.1) is 0 Å². The normalized spacial score (nSPS) is 27.1. The predicted molar refractivity (Wildman–Crippen MR) is 94.3 cm³/mol. The Morgan fingerprint density at radius 1 is 1.12 bits per heavy atom. The summed E-state index contributed by atoms with van der Waals surface area (Å²) in [5.74, 6) is 2.20. The fraction of sp³-hybridized carbons (Fsp3) is 0.632. The van der Waals surface area contributed by atoms with Crippen molar-refractivity contribution in [1.29, 1.82) is 0 Å². The Morgan fingerprint density at radius 2 is 1.96 bits per heavy atom. The van der Waals surface area contributed by atoms with Gasteiger partial charge in [0.15, 0.2) is 6.61 Å². The first-order valence-corrected chi connectivity index (χ1v) is 9.46. The van der Waals surface area contributed by atoms with E-state index in [0.717, 1.165) is 25.6 Å². The molecule has 2 atom stereocenters. The Balaban J connectivity index is 1.35. The third-order valence-corrected chi connectivity index (χ3v) is 5.87. The van der Waals surface area contributed by atoms with Gasteiger partial charge in [-0.2, -0.15) is 0 Å². The van der Waals surface area contributed by atoms with Gasteiger partial charge in [0.2, 0.25) is 0 Å². The lowest BCUT2D eigenvalue weighted by Crippen LogP contribution is -2.45. The summed E-state index contributed by atoms with van der Waals surface area (Å²) in [4.78, 5) is 17.3. The van der Waals surface area contributed by atoms with Gasteiger partial charge < -0.3 is 9.64 Å². The molecule has 1 aromatic carbocycles. The number of halogens is 1. The van der Waals surface area contributed by atoms with Gasteiger partial charge in [-0.3, -0.25) is 9.69 Å². The molecule has 1 saturated carbocycles. The number of nitrogens with zero attached hydrogens (tertiary/aromatic N) is 2. The molecule has 1 aliphatic carbocycles. The van der Waals surface area contributed by atoms with E-state index in [9.17, 15) is 4.79 Å². The van der Waals surface area contributed by atoms with Gasteiger partial charge in [-0.25, -0.2) is 0 Å². The van der Waals surface area contributed by atoms with Gasteiger partial charge in [0.25, 0.3) is 5.91 Å². The van der Waals surface area contributed by atoms with Gasteiger partial charge in [0.1, 0.15) is 5.75 Å². The van der Waals surface area contributed by atoms with Gasteiger partial charge in [0, 0.05) is 32.2 Å². The Kier molecular flexibility index (Phi) is 4.68. The number of carbonyl (C=O) groups excluding carboxylic acids is 1. The zero-order valence-electron chi connectivity index (χ0n) is 14.0. The minimum Gasteiger partial charge on any atom is -0.482 e. The molecule has 5 heteroatoms. The van der Waals surface area contributed by atoms with Crippen molar-refractivity contribution in [3.63, 3.8) is 0 Å². The van der Waals surface area contributed by atoms with Gasteiger partial charge in [0.05, 0.1) is 5.02 Å². The molecule has 3 aliphatic heterocycles. The Hall–Kier alpha value is -1.26. The van der Waals surface area contributed by atoms with E-state index in [1.54, 1.807) is 12.1 Å². The second kappa shape index (κ2) is 6.93. The van der Waals surface area contributed by atoms with Crippen molar-refractivity contribution in [2.75, 3.05) is 32.8 Å². The van der Waals surface area contributed by atoms with Gasteiger partial charge >= 0.3 is 0 Å². The number of benzene rings is 1. The highest BCUT2D eigenvalue weighted by Gasteiger charge is 2.38. The molecule has 0 spiro atoms. The van der Waals surface area contributed by atoms with E-state index in [-0.39, 0.29) is 12.5 Å². The standard InChI is InChI=1S/C19H25ClN2O2/c20-17-3-1-2-4-18(17)24-13-19(23)22-11-15-7-8-16(12-22)21(10-15)9-14-5-6-14/h1-4,14-16H,5-13H2/t15-,16-/m0/s1. The van der Waals surface area contributed by atoms with Crippen LogP contribution in [0, 0.1) is 11.8 Å². The molecule has 3 saturated heterocycles. The summed E-state index contributed by atoms with van der Waals surface area (Å²) in [6.45, 7) is 4.21. The summed E-state index contributed by atoms with van der Waals surface area (Å²) in [5.41, 5.74) is 0. The number of hydrogen-bond donors (Lipinski definition) is 0. The van der Waals surface area contributed by atoms with Gasteiger partial charge in [-0.05, 0) is 49.7 Å². The Bertz CT molecular complexity index is 605. The van der Waals surface area contributed by atoms with Gasteiger partial charge in [-0.1, -0.05) is 23.7 Å². The van der Waals surface area contributed by atoms with Crippen LogP contribution in [0.1, 0.15) is 25.7 Å². The third kappa shape index (κ3) is 3.70. The summed E-state index contributed by atoms with van der Waals surface area (Å²) in [5, 5.41) is 0.553. The maximum Gasteiger partial charge on any atom is 0.260 e. The van der Waals surface area contributed by atoms with E-state index in [4.69, 9.17) is 16.3 Å². The third-order valence-electron chi connectivity index (χ3n) is 5.56. The van der Waals surface area contributed by atoms with E-state index in [1.807, 2.05) is 17.0 Å². The van der Waals surface area contributed by atoms with Crippen molar-refractivity contribution in [2.45, 2.75) is 31.7 Å². The van der Waals surface area contributed by atoms with Crippen LogP contribution in [0.3, 0.4) is 0 Å². The van der Waals surface area contributed by atoms with Crippen molar-refractivity contribution in [1.82, 2.24) is 9.80 Å². The van der Waals surface area contributed by atoms with Crippen molar-refractivity contribution in [3.05, 3.63) is 29.3 Å². The number of ether oxygens (including phenoxy) is 1. The first kappa shape index (κ1) is 16.2. The molecule has 4 aliphatic rings. The topological polar surface area (TPSA) is 32.8 Å². The molecule has 24 heavy (non-hydrogen) atoms. The summed E-state index contributed by atoms with van der Waals surface area (Å²) in [6.07, 6.45) is 5.26. The predicted octanol–water partition coefficient (Wildman–Crippen LogP) is 3.05. The van der Waals surface area contributed by atoms with E-state index in [0.29, 0.717) is 22.7 Å². The van der Waals surface area contributed by atoms with Crippen molar-refractivity contribution < 1.29 is 9.53 Å². The monoisotopic (exact) mass is 348 g/mol. The molecule has 1 aromatic rings. The fourth-order valence-electron chi connectivity index (χ4n) is 4.03. The molecule has 5 rings (SSSR count). The van der Waals surface area contributed by atoms with E-state index < -0.39 is 0 Å². The summed E-state index contributed by atoms with van der Waals surface area (Å²) < 4.78 is 5.65. The Labute approximate surface area is 148 Å². The molecular formula is C19H25ClN2O2. The van der Waals surface area contributed by atoms with Crippen molar-refractivity contribution in [3.8, 4) is 5.75 Å². The number of fused-ring (bicyclic) bond motifs is 4. The van der Waals surface area contributed by atoms with E-state index in [2.05, 4.69) is 4.90 Å². The zero-order valence-corrected chi connectivity index (χ0v) is 14.8. The maximum atomic E-state index is 12.6. The first-order chi connectivity index (χ1) is 11.7. The highest BCUT2D eigenvalue weighted by atomic mass is 35.5. The van der Waals surface area contributed by atoms with Crippen LogP contribution in [0.4, 0.5) is 0 Å². The smallest absolute Gasteiger partial charge is 0.260 e. The van der Waals surface area contributed by atoms with Crippen LogP contribution in [0.15, 0.2) is 24.3 Å². The number of hydrogen-bond acceptors (Lipinski definition) is 3. The van der Waals surface area contributed by atoms with Crippen molar-refractivity contribution >= 4 is 17.5 Å². The molecule has 4 nitrogen and oxygen atoms in total. The van der Waals surface area contributed by atoms with Crippen LogP contribution >= 0.6 is 11.6 Å². The van der Waals surface area contributed by atoms with E-state index >= 15 is 0 Å². The average Bonchev–Trinajstić information content (AvgIpc) is 3.41. The SMILES string of the molecule is O=C(COc1ccccc1Cl)N1C[C@H]2CC[C@@H](C1)N(CC1CC1)C2. The second-order valence-electron chi connectivity index (χ2n) is 7.51. The van der Waals surface area contributed by atoms with Crippen LogP contribution in [-0.2, 0) is 4.79 Å². The fourth-order valence-corrected chi connectivity index (χ4v) is 4.22. The first-order valence-electron chi connectivity index (χ1n) is 9.08. The molecule has 3 heterocycles. The largest absolute Gasteiger partial charge is 0.482 e. The summed E-state index contributed by atoms with van der Waals surface area (Å²) in [6, 6.07) is 7.85. The van der Waals surface area contributed by atoms with Crippen LogP contribution in [-0.4, -0.2) is 54.5 Å². The lowest BCUT2D eigenvalue weighted by Gasteiger charge is -2.36. The molecule has 130 valence electrons. The lowest BCUT2D eigenvalue weighted by atomic mass is 9.95. The maximum absolute atomic E-state index is 12.6. The minimum atomic E-state index is 0.0752. The summed E-state index contributed by atoms with van der Waals surface area (Å²) >= 11 is 6.09.